The Morgan fingerprint density at radius 1 is 1.43 bits per heavy atom. The quantitative estimate of drug-likeness (QED) is 0.878. The minimum absolute atomic E-state index is 0.0442. The molecule has 0 radical (unpaired) electrons. The van der Waals surface area contributed by atoms with E-state index in [2.05, 4.69) is 19.2 Å². The molecule has 1 saturated carbocycles. The van der Waals surface area contributed by atoms with Crippen LogP contribution in [-0.2, 0) is 10.8 Å². The van der Waals surface area contributed by atoms with Gasteiger partial charge in [-0.3, -0.25) is 4.21 Å². The van der Waals surface area contributed by atoms with Crippen molar-refractivity contribution >= 4 is 22.4 Å². The van der Waals surface area contributed by atoms with E-state index in [0.717, 1.165) is 25.8 Å². The molecule has 1 aromatic carbocycles. The highest BCUT2D eigenvalue weighted by Crippen LogP contribution is 2.31. The molecule has 0 heterocycles. The molecule has 118 valence electrons. The van der Waals surface area contributed by atoms with Gasteiger partial charge in [-0.1, -0.05) is 25.4 Å². The summed E-state index contributed by atoms with van der Waals surface area (Å²) in [6, 6.07) is 4.67. The van der Waals surface area contributed by atoms with Crippen molar-refractivity contribution in [2.75, 3.05) is 6.54 Å². The highest BCUT2D eigenvalue weighted by molar-refractivity contribution is 7.85. The Bertz CT molecular complexity index is 509. The Labute approximate surface area is 133 Å². The minimum atomic E-state index is -1.16. The molecule has 21 heavy (non-hydrogen) atoms. The van der Waals surface area contributed by atoms with Gasteiger partial charge in [0, 0.05) is 10.9 Å². The van der Waals surface area contributed by atoms with Crippen LogP contribution in [0.2, 0.25) is 5.02 Å². The molecule has 5 heteroatoms. The van der Waals surface area contributed by atoms with Crippen molar-refractivity contribution in [1.29, 1.82) is 0 Å². The highest BCUT2D eigenvalue weighted by Gasteiger charge is 2.33. The summed E-state index contributed by atoms with van der Waals surface area (Å²) >= 11 is 5.82. The van der Waals surface area contributed by atoms with Crippen LogP contribution in [-0.4, -0.2) is 22.0 Å². The van der Waals surface area contributed by atoms with Crippen molar-refractivity contribution in [2.24, 2.45) is 5.92 Å². The van der Waals surface area contributed by atoms with Gasteiger partial charge >= 0.3 is 0 Å². The van der Waals surface area contributed by atoms with Gasteiger partial charge < -0.3 is 5.32 Å². The molecular formula is C16H23ClFNOS. The lowest BCUT2D eigenvalue weighted by molar-refractivity contribution is 0.313. The van der Waals surface area contributed by atoms with Crippen molar-refractivity contribution in [3.63, 3.8) is 0 Å². The second kappa shape index (κ2) is 7.70. The van der Waals surface area contributed by atoms with Crippen LogP contribution < -0.4 is 5.32 Å². The van der Waals surface area contributed by atoms with Gasteiger partial charge in [0.15, 0.2) is 0 Å². The van der Waals surface area contributed by atoms with Crippen LogP contribution in [0, 0.1) is 11.7 Å². The second-order valence-corrected chi connectivity index (χ2v) is 7.97. The maximum Gasteiger partial charge on any atom is 0.141 e. The first-order valence-electron chi connectivity index (χ1n) is 7.62. The van der Waals surface area contributed by atoms with Crippen LogP contribution in [0.1, 0.15) is 39.5 Å². The molecule has 0 bridgehead atoms. The normalized spacial score (nSPS) is 27.5. The smallest absolute Gasteiger partial charge is 0.141 e. The summed E-state index contributed by atoms with van der Waals surface area (Å²) < 4.78 is 26.1. The lowest BCUT2D eigenvalue weighted by atomic mass is 9.87. The van der Waals surface area contributed by atoms with E-state index in [-0.39, 0.29) is 16.3 Å². The Balaban J connectivity index is 2.17. The molecule has 0 saturated heterocycles. The van der Waals surface area contributed by atoms with Gasteiger partial charge in [0.05, 0.1) is 21.1 Å². The average molecular weight is 332 g/mol. The number of hydrogen-bond donors (Lipinski definition) is 1. The third kappa shape index (κ3) is 4.27. The summed E-state index contributed by atoms with van der Waals surface area (Å²) in [6.07, 6.45) is 4.21. The molecular weight excluding hydrogens is 309 g/mol. The highest BCUT2D eigenvalue weighted by atomic mass is 35.5. The monoisotopic (exact) mass is 331 g/mol. The molecule has 2 rings (SSSR count). The Kier molecular flexibility index (Phi) is 6.20. The third-order valence-corrected chi connectivity index (χ3v) is 6.19. The van der Waals surface area contributed by atoms with Crippen LogP contribution >= 0.6 is 11.6 Å². The van der Waals surface area contributed by atoms with Crippen molar-refractivity contribution in [3.05, 3.63) is 29.0 Å². The summed E-state index contributed by atoms with van der Waals surface area (Å²) in [4.78, 5) is 0.629. The number of hydrogen-bond acceptors (Lipinski definition) is 2. The summed E-state index contributed by atoms with van der Waals surface area (Å²) in [5, 5.41) is 3.63. The zero-order chi connectivity index (χ0) is 15.4. The van der Waals surface area contributed by atoms with E-state index in [0.29, 0.717) is 10.8 Å². The molecule has 0 aliphatic heterocycles. The fourth-order valence-electron chi connectivity index (χ4n) is 2.91. The lowest BCUT2D eigenvalue weighted by Crippen LogP contribution is -2.46. The molecule has 0 spiro atoms. The van der Waals surface area contributed by atoms with Gasteiger partial charge in [-0.15, -0.1) is 0 Å². The minimum Gasteiger partial charge on any atom is -0.313 e. The zero-order valence-corrected chi connectivity index (χ0v) is 14.1. The number of benzene rings is 1. The molecule has 2 nitrogen and oxygen atoms in total. The van der Waals surface area contributed by atoms with Crippen molar-refractivity contribution in [1.82, 2.24) is 5.32 Å². The first kappa shape index (κ1) is 16.9. The predicted molar refractivity (Wildman–Crippen MR) is 86.7 cm³/mol. The molecule has 0 amide bonds. The molecule has 1 fully saturated rings. The summed E-state index contributed by atoms with van der Waals surface area (Å²) in [5.41, 5.74) is 0. The van der Waals surface area contributed by atoms with E-state index in [9.17, 15) is 8.60 Å². The van der Waals surface area contributed by atoms with Crippen molar-refractivity contribution in [3.8, 4) is 0 Å². The largest absolute Gasteiger partial charge is 0.313 e. The first-order chi connectivity index (χ1) is 10.0. The molecule has 4 atom stereocenters. The van der Waals surface area contributed by atoms with E-state index in [1.807, 2.05) is 0 Å². The Hall–Kier alpha value is -0.450. The molecule has 4 unspecified atom stereocenters. The van der Waals surface area contributed by atoms with E-state index >= 15 is 0 Å². The number of halogens is 2. The number of nitrogens with one attached hydrogen (secondary N) is 1. The second-order valence-electron chi connectivity index (χ2n) is 5.89. The molecule has 1 aliphatic carbocycles. The number of rotatable bonds is 5. The standard InChI is InChI=1S/C16H23ClFNOS/c1-3-8-19-15-7-4-11(2)9-16(15)21(20)12-5-6-14(18)13(17)10-12/h5-6,10-11,15-16,19H,3-4,7-9H2,1-2H3. The fraction of sp³-hybridized carbons (Fsp3) is 0.625. The first-order valence-corrected chi connectivity index (χ1v) is 9.21. The summed E-state index contributed by atoms with van der Waals surface area (Å²) in [5.74, 6) is 0.115. The van der Waals surface area contributed by atoms with Gasteiger partial charge in [0.1, 0.15) is 5.82 Å². The SMILES string of the molecule is CCCNC1CCC(C)CC1S(=O)c1ccc(F)c(Cl)c1. The predicted octanol–water partition coefficient (Wildman–Crippen LogP) is 4.14. The maximum atomic E-state index is 13.3. The molecule has 1 N–H and O–H groups in total. The van der Waals surface area contributed by atoms with Crippen molar-refractivity contribution < 1.29 is 8.60 Å². The van der Waals surface area contributed by atoms with Gasteiger partial charge in [0.2, 0.25) is 0 Å². The van der Waals surface area contributed by atoms with E-state index in [1.54, 1.807) is 6.07 Å². The molecule has 1 aromatic rings. The van der Waals surface area contributed by atoms with Gasteiger partial charge in [-0.25, -0.2) is 4.39 Å². The van der Waals surface area contributed by atoms with Crippen molar-refractivity contribution in [2.45, 2.75) is 55.7 Å². The van der Waals surface area contributed by atoms with E-state index < -0.39 is 16.6 Å². The van der Waals surface area contributed by atoms with Gasteiger partial charge in [-0.2, -0.15) is 0 Å². The zero-order valence-electron chi connectivity index (χ0n) is 12.6. The average Bonchev–Trinajstić information content (AvgIpc) is 2.48. The summed E-state index contributed by atoms with van der Waals surface area (Å²) in [7, 11) is -1.16. The van der Waals surface area contributed by atoms with Crippen LogP contribution in [0.25, 0.3) is 0 Å². The van der Waals surface area contributed by atoms with Crippen LogP contribution in [0.5, 0.6) is 0 Å². The molecule has 0 aromatic heterocycles. The van der Waals surface area contributed by atoms with Gasteiger partial charge in [0.25, 0.3) is 0 Å². The Morgan fingerprint density at radius 2 is 2.19 bits per heavy atom. The topological polar surface area (TPSA) is 29.1 Å². The van der Waals surface area contributed by atoms with Crippen LogP contribution in [0.4, 0.5) is 4.39 Å². The lowest BCUT2D eigenvalue weighted by Gasteiger charge is -2.35. The van der Waals surface area contributed by atoms with E-state index in [1.165, 1.54) is 18.6 Å². The van der Waals surface area contributed by atoms with E-state index in [4.69, 9.17) is 11.6 Å². The summed E-state index contributed by atoms with van der Waals surface area (Å²) in [6.45, 7) is 5.28. The van der Waals surface area contributed by atoms with Gasteiger partial charge in [-0.05, 0) is 56.3 Å². The van der Waals surface area contributed by atoms with Crippen LogP contribution in [0.3, 0.4) is 0 Å². The third-order valence-electron chi connectivity index (χ3n) is 4.11. The molecule has 1 aliphatic rings. The fourth-order valence-corrected chi connectivity index (χ4v) is 4.97. The van der Waals surface area contributed by atoms with Crippen LogP contribution in [0.15, 0.2) is 23.1 Å². The Morgan fingerprint density at radius 3 is 2.86 bits per heavy atom. The maximum absolute atomic E-state index is 13.3.